The first-order valence-electron chi connectivity index (χ1n) is 6.54. The average Bonchev–Trinajstić information content (AvgIpc) is 2.42. The van der Waals surface area contributed by atoms with Gasteiger partial charge in [-0.3, -0.25) is 4.79 Å². The molecule has 1 saturated carbocycles. The van der Waals surface area contributed by atoms with Gasteiger partial charge in [0.15, 0.2) is 5.78 Å². The summed E-state index contributed by atoms with van der Waals surface area (Å²) in [5.74, 6) is 0.322. The second-order valence-corrected chi connectivity index (χ2v) is 4.66. The molecule has 0 aromatic heterocycles. The molecular formula is C15H18N2O. The Bertz CT molecular complexity index is 436. The number of rotatable bonds is 4. The molecule has 0 amide bonds. The fourth-order valence-corrected chi connectivity index (χ4v) is 2.55. The first kappa shape index (κ1) is 12.6. The largest absolute Gasteiger partial charge is 0.360 e. The molecule has 1 aromatic carbocycles. The maximum Gasteiger partial charge on any atom is 0.155 e. The number of nitrogens with zero attached hydrogens (tertiary/aromatic N) is 2. The molecule has 94 valence electrons. The van der Waals surface area contributed by atoms with Crippen molar-refractivity contribution in [1.29, 1.82) is 5.26 Å². The van der Waals surface area contributed by atoms with E-state index in [0.717, 1.165) is 24.9 Å². The summed E-state index contributed by atoms with van der Waals surface area (Å²) in [5, 5.41) is 8.76. The Labute approximate surface area is 108 Å². The highest BCUT2D eigenvalue weighted by Crippen LogP contribution is 2.25. The van der Waals surface area contributed by atoms with Gasteiger partial charge in [-0.1, -0.05) is 24.6 Å². The Balaban J connectivity index is 2.19. The van der Waals surface area contributed by atoms with E-state index in [1.165, 1.54) is 0 Å². The van der Waals surface area contributed by atoms with E-state index in [4.69, 9.17) is 5.26 Å². The van der Waals surface area contributed by atoms with Crippen molar-refractivity contribution in [3.05, 3.63) is 30.3 Å². The highest BCUT2D eigenvalue weighted by atomic mass is 16.1. The molecule has 0 aliphatic heterocycles. The lowest BCUT2D eigenvalue weighted by molar-refractivity contribution is -0.121. The zero-order valence-corrected chi connectivity index (χ0v) is 10.5. The summed E-state index contributed by atoms with van der Waals surface area (Å²) in [6.07, 6.45) is 4.17. The topological polar surface area (TPSA) is 44.1 Å². The first-order chi connectivity index (χ1) is 8.83. The van der Waals surface area contributed by atoms with Gasteiger partial charge in [0.2, 0.25) is 0 Å². The van der Waals surface area contributed by atoms with E-state index in [2.05, 4.69) is 11.0 Å². The summed E-state index contributed by atoms with van der Waals surface area (Å²) in [6.45, 7) is 0.636. The van der Waals surface area contributed by atoms with E-state index in [0.29, 0.717) is 25.2 Å². The second kappa shape index (κ2) is 6.20. The lowest BCUT2D eigenvalue weighted by atomic mass is 9.92. The van der Waals surface area contributed by atoms with Gasteiger partial charge in [0.25, 0.3) is 0 Å². The highest BCUT2D eigenvalue weighted by Gasteiger charge is 2.28. The van der Waals surface area contributed by atoms with Crippen molar-refractivity contribution in [2.45, 2.75) is 38.1 Å². The first-order valence-corrected chi connectivity index (χ1v) is 6.54. The summed E-state index contributed by atoms with van der Waals surface area (Å²) < 4.78 is 0. The number of para-hydroxylation sites is 1. The molecule has 1 unspecified atom stereocenters. The third-order valence-electron chi connectivity index (χ3n) is 3.45. The number of hydrogen-bond donors (Lipinski definition) is 0. The van der Waals surface area contributed by atoms with Crippen molar-refractivity contribution < 1.29 is 4.79 Å². The van der Waals surface area contributed by atoms with Crippen LogP contribution in [-0.4, -0.2) is 18.4 Å². The zero-order valence-electron chi connectivity index (χ0n) is 10.5. The van der Waals surface area contributed by atoms with E-state index >= 15 is 0 Å². The fourth-order valence-electron chi connectivity index (χ4n) is 2.55. The Morgan fingerprint density at radius 1 is 1.28 bits per heavy atom. The van der Waals surface area contributed by atoms with E-state index in [1.807, 2.05) is 30.3 Å². The lowest BCUT2D eigenvalue weighted by Crippen LogP contribution is -2.43. The van der Waals surface area contributed by atoms with Gasteiger partial charge in [0.05, 0.1) is 18.5 Å². The standard InChI is InChI=1S/C15H18N2O/c16-11-6-12-17(13-7-2-1-3-8-13)14-9-4-5-10-15(14)18/h1-3,7-8,14H,4-6,9-10,12H2. The van der Waals surface area contributed by atoms with Crippen LogP contribution in [-0.2, 0) is 4.79 Å². The molecule has 18 heavy (non-hydrogen) atoms. The zero-order chi connectivity index (χ0) is 12.8. The summed E-state index contributed by atoms with van der Waals surface area (Å²) in [7, 11) is 0. The molecule has 0 radical (unpaired) electrons. The molecular weight excluding hydrogens is 224 g/mol. The Morgan fingerprint density at radius 2 is 2.06 bits per heavy atom. The minimum atomic E-state index is -0.0329. The number of hydrogen-bond acceptors (Lipinski definition) is 3. The predicted octanol–water partition coefficient (Wildman–Crippen LogP) is 2.92. The van der Waals surface area contributed by atoms with Gasteiger partial charge < -0.3 is 4.90 Å². The molecule has 1 atom stereocenters. The van der Waals surface area contributed by atoms with Crippen LogP contribution in [0.2, 0.25) is 0 Å². The van der Waals surface area contributed by atoms with Crippen molar-refractivity contribution in [1.82, 2.24) is 0 Å². The van der Waals surface area contributed by atoms with Gasteiger partial charge in [-0.2, -0.15) is 5.26 Å². The van der Waals surface area contributed by atoms with Crippen LogP contribution in [0.1, 0.15) is 32.1 Å². The summed E-state index contributed by atoms with van der Waals surface area (Å²) in [6, 6.07) is 12.1. The van der Waals surface area contributed by atoms with Crippen LogP contribution in [0.5, 0.6) is 0 Å². The van der Waals surface area contributed by atoms with E-state index in [1.54, 1.807) is 0 Å². The normalized spacial score (nSPS) is 19.3. The molecule has 0 N–H and O–H groups in total. The molecule has 1 aliphatic rings. The molecule has 0 bridgehead atoms. The number of nitriles is 1. The maximum absolute atomic E-state index is 12.0. The molecule has 0 saturated heterocycles. The third kappa shape index (κ3) is 2.89. The van der Waals surface area contributed by atoms with Gasteiger partial charge in [0, 0.05) is 18.7 Å². The highest BCUT2D eigenvalue weighted by molar-refractivity contribution is 5.87. The SMILES string of the molecule is N#CCCN(c1ccccc1)C1CCCCC1=O. The lowest BCUT2D eigenvalue weighted by Gasteiger charge is -2.34. The fraction of sp³-hybridized carbons (Fsp3) is 0.467. The minimum absolute atomic E-state index is 0.0329. The van der Waals surface area contributed by atoms with Crippen molar-refractivity contribution in [3.63, 3.8) is 0 Å². The Hall–Kier alpha value is -1.82. The van der Waals surface area contributed by atoms with Crippen LogP contribution in [0.25, 0.3) is 0 Å². The van der Waals surface area contributed by atoms with Crippen molar-refractivity contribution in [2.24, 2.45) is 0 Å². The minimum Gasteiger partial charge on any atom is -0.360 e. The van der Waals surface area contributed by atoms with Crippen molar-refractivity contribution in [3.8, 4) is 6.07 Å². The number of ketones is 1. The summed E-state index contributed by atoms with van der Waals surface area (Å²) in [5.41, 5.74) is 1.05. The molecule has 1 fully saturated rings. The molecule has 0 spiro atoms. The second-order valence-electron chi connectivity index (χ2n) is 4.66. The molecule has 3 nitrogen and oxygen atoms in total. The van der Waals surface area contributed by atoms with Gasteiger partial charge in [-0.15, -0.1) is 0 Å². The predicted molar refractivity (Wildman–Crippen MR) is 71.3 cm³/mol. The number of Topliss-reactive ketones (excluding diaryl/α,β-unsaturated/α-hetero) is 1. The van der Waals surface area contributed by atoms with Crippen molar-refractivity contribution in [2.75, 3.05) is 11.4 Å². The average molecular weight is 242 g/mol. The van der Waals surface area contributed by atoms with Crippen LogP contribution < -0.4 is 4.90 Å². The van der Waals surface area contributed by atoms with E-state index < -0.39 is 0 Å². The molecule has 1 aliphatic carbocycles. The van der Waals surface area contributed by atoms with Crippen LogP contribution in [0.4, 0.5) is 5.69 Å². The van der Waals surface area contributed by atoms with Crippen LogP contribution in [0.15, 0.2) is 30.3 Å². The molecule has 3 heteroatoms. The van der Waals surface area contributed by atoms with Crippen molar-refractivity contribution >= 4 is 11.5 Å². The number of carbonyl (C=O) groups excluding carboxylic acids is 1. The van der Waals surface area contributed by atoms with E-state index in [-0.39, 0.29) is 6.04 Å². The quantitative estimate of drug-likeness (QED) is 0.815. The maximum atomic E-state index is 12.0. The molecule has 0 heterocycles. The van der Waals surface area contributed by atoms with E-state index in [9.17, 15) is 4.79 Å². The summed E-state index contributed by atoms with van der Waals surface area (Å²) >= 11 is 0. The Morgan fingerprint density at radius 3 is 2.72 bits per heavy atom. The number of carbonyl (C=O) groups is 1. The van der Waals surface area contributed by atoms with Crippen LogP contribution >= 0.6 is 0 Å². The monoisotopic (exact) mass is 242 g/mol. The van der Waals surface area contributed by atoms with Gasteiger partial charge in [-0.05, 0) is 25.0 Å². The molecule has 2 rings (SSSR count). The smallest absolute Gasteiger partial charge is 0.155 e. The van der Waals surface area contributed by atoms with Gasteiger partial charge in [0.1, 0.15) is 0 Å². The van der Waals surface area contributed by atoms with Gasteiger partial charge in [-0.25, -0.2) is 0 Å². The number of benzene rings is 1. The number of anilines is 1. The van der Waals surface area contributed by atoms with Crippen LogP contribution in [0.3, 0.4) is 0 Å². The van der Waals surface area contributed by atoms with Gasteiger partial charge >= 0.3 is 0 Å². The van der Waals surface area contributed by atoms with Crippen LogP contribution in [0, 0.1) is 11.3 Å². The molecule has 1 aromatic rings. The third-order valence-corrected chi connectivity index (χ3v) is 3.45. The summed E-state index contributed by atoms with van der Waals surface area (Å²) in [4.78, 5) is 14.1. The Kier molecular flexibility index (Phi) is 4.35.